The summed E-state index contributed by atoms with van der Waals surface area (Å²) in [6, 6.07) is 9.56. The lowest BCUT2D eigenvalue weighted by Gasteiger charge is -2.25. The van der Waals surface area contributed by atoms with Gasteiger partial charge in [0.25, 0.3) is 0 Å². The largest absolute Gasteiger partial charge is 0.392 e. The van der Waals surface area contributed by atoms with Crippen LogP contribution >= 0.6 is 24.0 Å². The van der Waals surface area contributed by atoms with Gasteiger partial charge in [-0.25, -0.2) is 0 Å². The summed E-state index contributed by atoms with van der Waals surface area (Å²) in [5, 5.41) is 0. The van der Waals surface area contributed by atoms with Gasteiger partial charge in [-0.3, -0.25) is 4.79 Å². The summed E-state index contributed by atoms with van der Waals surface area (Å²) in [5.41, 5.74) is 6.68. The van der Waals surface area contributed by atoms with E-state index in [0.29, 0.717) is 0 Å². The monoisotopic (exact) mass is 294 g/mol. The number of hydrogen-bond acceptors (Lipinski definition) is 3. The lowest BCUT2D eigenvalue weighted by molar-refractivity contribution is -0.130. The van der Waals surface area contributed by atoms with Crippen LogP contribution in [-0.4, -0.2) is 40.4 Å². The van der Waals surface area contributed by atoms with Crippen LogP contribution in [0.15, 0.2) is 30.3 Å². The van der Waals surface area contributed by atoms with Gasteiger partial charge in [-0.15, -0.1) is 0 Å². The molecule has 0 saturated carbocycles. The first-order chi connectivity index (χ1) is 9.20. The zero-order valence-electron chi connectivity index (χ0n) is 10.7. The second-order valence-corrected chi connectivity index (χ2v) is 6.23. The predicted molar refractivity (Wildman–Crippen MR) is 84.5 cm³/mol. The standard InChI is InChI=1S/C14H18N2OS2/c15-13(18)12(11-5-2-1-3-6-11)14(17)16-7-4-9-19-10-8-16/h1-3,5-6,12H,4,7-10H2,(H2,15,18). The molecule has 1 saturated heterocycles. The lowest BCUT2D eigenvalue weighted by Crippen LogP contribution is -2.41. The quantitative estimate of drug-likeness (QED) is 0.867. The molecule has 1 amide bonds. The summed E-state index contributed by atoms with van der Waals surface area (Å²) >= 11 is 7.00. The highest BCUT2D eigenvalue weighted by Crippen LogP contribution is 2.21. The fourth-order valence-corrected chi connectivity index (χ4v) is 3.35. The van der Waals surface area contributed by atoms with Crippen molar-refractivity contribution < 1.29 is 4.79 Å². The van der Waals surface area contributed by atoms with Gasteiger partial charge in [-0.05, 0) is 17.7 Å². The number of carbonyl (C=O) groups excluding carboxylic acids is 1. The molecule has 1 fully saturated rings. The van der Waals surface area contributed by atoms with Gasteiger partial charge in [0.2, 0.25) is 5.91 Å². The molecule has 1 aliphatic heterocycles. The van der Waals surface area contributed by atoms with E-state index in [1.54, 1.807) is 0 Å². The molecule has 2 rings (SSSR count). The molecule has 1 atom stereocenters. The molecule has 1 aromatic rings. The Morgan fingerprint density at radius 1 is 1.26 bits per heavy atom. The molecule has 1 aliphatic rings. The van der Waals surface area contributed by atoms with Crippen molar-refractivity contribution in [2.45, 2.75) is 12.3 Å². The first kappa shape index (κ1) is 14.3. The molecule has 3 nitrogen and oxygen atoms in total. The molecule has 0 aromatic heterocycles. The molecular weight excluding hydrogens is 276 g/mol. The van der Waals surface area contributed by atoms with Gasteiger partial charge in [0.15, 0.2) is 0 Å². The van der Waals surface area contributed by atoms with E-state index in [4.69, 9.17) is 18.0 Å². The summed E-state index contributed by atoms with van der Waals surface area (Å²) in [7, 11) is 0. The minimum absolute atomic E-state index is 0.0428. The van der Waals surface area contributed by atoms with Crippen molar-refractivity contribution >= 4 is 34.9 Å². The van der Waals surface area contributed by atoms with Crippen LogP contribution in [-0.2, 0) is 4.79 Å². The molecule has 19 heavy (non-hydrogen) atoms. The molecule has 0 bridgehead atoms. The average molecular weight is 294 g/mol. The molecular formula is C14H18N2OS2. The number of thiocarbonyl (C=S) groups is 1. The Morgan fingerprint density at radius 2 is 2.00 bits per heavy atom. The van der Waals surface area contributed by atoms with Crippen LogP contribution in [0.3, 0.4) is 0 Å². The first-order valence-electron chi connectivity index (χ1n) is 6.41. The molecule has 0 spiro atoms. The maximum atomic E-state index is 12.6. The Hall–Kier alpha value is -1.07. The number of carbonyl (C=O) groups is 1. The van der Waals surface area contributed by atoms with Crippen LogP contribution < -0.4 is 5.73 Å². The summed E-state index contributed by atoms with van der Waals surface area (Å²) < 4.78 is 0. The van der Waals surface area contributed by atoms with E-state index in [2.05, 4.69) is 0 Å². The lowest BCUT2D eigenvalue weighted by atomic mass is 9.97. The van der Waals surface area contributed by atoms with E-state index in [1.165, 1.54) is 0 Å². The van der Waals surface area contributed by atoms with Crippen molar-refractivity contribution in [1.82, 2.24) is 4.90 Å². The van der Waals surface area contributed by atoms with E-state index in [0.717, 1.165) is 36.6 Å². The van der Waals surface area contributed by atoms with Crippen LogP contribution in [0, 0.1) is 0 Å². The molecule has 2 N–H and O–H groups in total. The summed E-state index contributed by atoms with van der Waals surface area (Å²) in [4.78, 5) is 14.8. The number of nitrogens with two attached hydrogens (primary N) is 1. The minimum Gasteiger partial charge on any atom is -0.392 e. The highest BCUT2D eigenvalue weighted by atomic mass is 32.2. The Labute approximate surface area is 123 Å². The van der Waals surface area contributed by atoms with E-state index in [1.807, 2.05) is 47.0 Å². The Morgan fingerprint density at radius 3 is 2.68 bits per heavy atom. The van der Waals surface area contributed by atoms with Crippen molar-refractivity contribution in [3.05, 3.63) is 35.9 Å². The van der Waals surface area contributed by atoms with E-state index >= 15 is 0 Å². The predicted octanol–water partition coefficient (Wildman–Crippen LogP) is 2.02. The summed E-state index contributed by atoms with van der Waals surface area (Å²) in [5.74, 6) is 1.66. The van der Waals surface area contributed by atoms with Crippen molar-refractivity contribution in [3.8, 4) is 0 Å². The van der Waals surface area contributed by atoms with Crippen molar-refractivity contribution in [3.63, 3.8) is 0 Å². The molecule has 0 aliphatic carbocycles. The van der Waals surface area contributed by atoms with Crippen molar-refractivity contribution in [1.29, 1.82) is 0 Å². The van der Waals surface area contributed by atoms with Crippen LogP contribution in [0.1, 0.15) is 17.9 Å². The molecule has 1 heterocycles. The van der Waals surface area contributed by atoms with Gasteiger partial charge in [0.1, 0.15) is 5.92 Å². The SMILES string of the molecule is NC(=S)C(C(=O)N1CCCSCC1)c1ccccc1. The van der Waals surface area contributed by atoms with Gasteiger partial charge in [-0.2, -0.15) is 11.8 Å². The maximum absolute atomic E-state index is 12.6. The van der Waals surface area contributed by atoms with Crippen LogP contribution in [0.2, 0.25) is 0 Å². The van der Waals surface area contributed by atoms with Gasteiger partial charge in [0.05, 0.1) is 4.99 Å². The van der Waals surface area contributed by atoms with Gasteiger partial charge >= 0.3 is 0 Å². The molecule has 1 aromatic carbocycles. The first-order valence-corrected chi connectivity index (χ1v) is 7.97. The number of rotatable bonds is 3. The highest BCUT2D eigenvalue weighted by molar-refractivity contribution is 7.99. The van der Waals surface area contributed by atoms with Crippen molar-refractivity contribution in [2.24, 2.45) is 5.73 Å². The van der Waals surface area contributed by atoms with Crippen molar-refractivity contribution in [2.75, 3.05) is 24.6 Å². The van der Waals surface area contributed by atoms with Crippen LogP contribution in [0.5, 0.6) is 0 Å². The Bertz CT molecular complexity index is 442. The number of nitrogens with zero attached hydrogens (tertiary/aromatic N) is 1. The van der Waals surface area contributed by atoms with E-state index in [9.17, 15) is 4.79 Å². The van der Waals surface area contributed by atoms with E-state index < -0.39 is 5.92 Å². The molecule has 5 heteroatoms. The molecule has 102 valence electrons. The Kier molecular flexibility index (Phi) is 5.22. The highest BCUT2D eigenvalue weighted by Gasteiger charge is 2.28. The smallest absolute Gasteiger partial charge is 0.237 e. The number of hydrogen-bond donors (Lipinski definition) is 1. The zero-order valence-corrected chi connectivity index (χ0v) is 12.4. The topological polar surface area (TPSA) is 46.3 Å². The maximum Gasteiger partial charge on any atom is 0.237 e. The minimum atomic E-state index is -0.487. The summed E-state index contributed by atoms with van der Waals surface area (Å²) in [6.45, 7) is 1.59. The second kappa shape index (κ2) is 6.91. The second-order valence-electron chi connectivity index (χ2n) is 4.54. The third-order valence-electron chi connectivity index (χ3n) is 3.20. The van der Waals surface area contributed by atoms with Gasteiger partial charge < -0.3 is 10.6 Å². The number of amides is 1. The third kappa shape index (κ3) is 3.70. The fraction of sp³-hybridized carbons (Fsp3) is 0.429. The molecule has 1 unspecified atom stereocenters. The number of benzene rings is 1. The molecule has 0 radical (unpaired) electrons. The third-order valence-corrected chi connectivity index (χ3v) is 4.48. The van der Waals surface area contributed by atoms with Gasteiger partial charge in [-0.1, -0.05) is 42.5 Å². The fourth-order valence-electron chi connectivity index (χ4n) is 2.22. The van der Waals surface area contributed by atoms with Gasteiger partial charge in [0, 0.05) is 18.8 Å². The summed E-state index contributed by atoms with van der Waals surface area (Å²) in [6.07, 6.45) is 1.04. The number of thioether (sulfide) groups is 1. The average Bonchev–Trinajstić information content (AvgIpc) is 2.68. The van der Waals surface area contributed by atoms with E-state index in [-0.39, 0.29) is 10.9 Å². The Balaban J connectivity index is 2.19. The van der Waals surface area contributed by atoms with Crippen LogP contribution in [0.25, 0.3) is 0 Å². The normalized spacial score (nSPS) is 17.6. The zero-order chi connectivity index (χ0) is 13.7. The van der Waals surface area contributed by atoms with Crippen LogP contribution in [0.4, 0.5) is 0 Å².